The van der Waals surface area contributed by atoms with Gasteiger partial charge in [-0.3, -0.25) is 0 Å². The van der Waals surface area contributed by atoms with Crippen LogP contribution in [0.3, 0.4) is 0 Å². The van der Waals surface area contributed by atoms with Crippen molar-refractivity contribution in [2.45, 2.75) is 59.1 Å². The van der Waals surface area contributed by atoms with E-state index in [4.69, 9.17) is 9.97 Å². The molecule has 0 bridgehead atoms. The smallest absolute Gasteiger partial charge is 0.205 e. The van der Waals surface area contributed by atoms with Gasteiger partial charge in [-0.05, 0) is 53.3 Å². The van der Waals surface area contributed by atoms with Gasteiger partial charge in [0.15, 0.2) is 5.65 Å². The fraction of sp³-hybridized carbons (Fsp3) is 0.321. The first kappa shape index (κ1) is 23.8. The van der Waals surface area contributed by atoms with Crippen molar-refractivity contribution >= 4 is 11.2 Å². The monoisotopic (exact) mass is 481 g/mol. The second-order valence-corrected chi connectivity index (χ2v) is 9.18. The fourth-order valence-electron chi connectivity index (χ4n) is 4.75. The summed E-state index contributed by atoms with van der Waals surface area (Å²) in [4.78, 5) is 9.85. The number of nitrogens with zero attached hydrogens (tertiary/aromatic N) is 6. The number of hydrogen-bond acceptors (Lipinski definition) is 6. The quantitative estimate of drug-likeness (QED) is 0.315. The van der Waals surface area contributed by atoms with Gasteiger partial charge in [0, 0.05) is 12.0 Å². The van der Waals surface area contributed by atoms with Crippen LogP contribution in [0.4, 0.5) is 0 Å². The molecule has 0 atom stereocenters. The van der Waals surface area contributed by atoms with Gasteiger partial charge >= 0.3 is 0 Å². The van der Waals surface area contributed by atoms with E-state index in [0.717, 1.165) is 56.9 Å². The molecule has 3 aromatic heterocycles. The molecule has 0 aliphatic carbocycles. The van der Waals surface area contributed by atoms with E-state index in [9.17, 15) is 5.11 Å². The Balaban J connectivity index is 1.52. The molecule has 184 valence electrons. The van der Waals surface area contributed by atoms with E-state index in [1.54, 1.807) is 0 Å². The highest BCUT2D eigenvalue weighted by atomic mass is 16.3. The maximum Gasteiger partial charge on any atom is 0.205 e. The van der Waals surface area contributed by atoms with Crippen LogP contribution in [0.2, 0.25) is 0 Å². The number of aromatic nitrogens is 7. The lowest BCUT2D eigenvalue weighted by atomic mass is 9.92. The van der Waals surface area contributed by atoms with Crippen LogP contribution in [0.5, 0.6) is 0 Å². The molecule has 2 aromatic carbocycles. The normalized spacial score (nSPS) is 11.9. The Labute approximate surface area is 210 Å². The molecule has 0 radical (unpaired) electrons. The average Bonchev–Trinajstić information content (AvgIpc) is 3.57. The molecule has 5 rings (SSSR count). The molecular weight excluding hydrogens is 450 g/mol. The highest BCUT2D eigenvalue weighted by Crippen LogP contribution is 2.32. The van der Waals surface area contributed by atoms with Crippen molar-refractivity contribution in [3.63, 3.8) is 0 Å². The van der Waals surface area contributed by atoms with Gasteiger partial charge in [0.25, 0.3) is 0 Å². The summed E-state index contributed by atoms with van der Waals surface area (Å²) < 4.78 is 2.18. The van der Waals surface area contributed by atoms with Gasteiger partial charge in [0.2, 0.25) is 5.82 Å². The van der Waals surface area contributed by atoms with E-state index in [0.29, 0.717) is 25.2 Å². The number of benzene rings is 2. The first-order chi connectivity index (χ1) is 17.5. The Kier molecular flexibility index (Phi) is 6.36. The maximum atomic E-state index is 11.2. The standard InChI is InChI=1S/C28H31N7O/c1-5-24-30-25-18(4)16-23(28(36,6-2)7-3)29-27(25)35(24)17-19-12-14-20(15-13-19)21-10-8-9-11-22(21)26-31-33-34-32-26/h8-16,36H,5-7,17H2,1-4H3,(H,31,32,33,34). The summed E-state index contributed by atoms with van der Waals surface area (Å²) in [5.74, 6) is 1.56. The number of aromatic amines is 1. The number of nitrogens with one attached hydrogen (secondary N) is 1. The Morgan fingerprint density at radius 3 is 2.31 bits per heavy atom. The molecular formula is C28H31N7O. The second-order valence-electron chi connectivity index (χ2n) is 9.18. The van der Waals surface area contributed by atoms with Gasteiger partial charge in [-0.2, -0.15) is 5.21 Å². The number of hydrogen-bond donors (Lipinski definition) is 2. The van der Waals surface area contributed by atoms with Crippen molar-refractivity contribution in [1.29, 1.82) is 0 Å². The summed E-state index contributed by atoms with van der Waals surface area (Å²) in [6, 6.07) is 18.6. The Morgan fingerprint density at radius 1 is 0.944 bits per heavy atom. The third-order valence-electron chi connectivity index (χ3n) is 7.05. The highest BCUT2D eigenvalue weighted by molar-refractivity contribution is 5.80. The van der Waals surface area contributed by atoms with Crippen LogP contribution in [0.15, 0.2) is 54.6 Å². The summed E-state index contributed by atoms with van der Waals surface area (Å²) >= 11 is 0. The molecule has 8 nitrogen and oxygen atoms in total. The van der Waals surface area contributed by atoms with Crippen molar-refractivity contribution in [3.05, 3.63) is 77.2 Å². The van der Waals surface area contributed by atoms with Crippen molar-refractivity contribution in [2.24, 2.45) is 0 Å². The lowest BCUT2D eigenvalue weighted by molar-refractivity contribution is 0.0242. The number of H-pyrrole nitrogens is 1. The Morgan fingerprint density at radius 2 is 1.67 bits per heavy atom. The van der Waals surface area contributed by atoms with Crippen LogP contribution in [-0.2, 0) is 18.6 Å². The van der Waals surface area contributed by atoms with E-state index in [1.165, 1.54) is 0 Å². The molecule has 5 aromatic rings. The molecule has 0 unspecified atom stereocenters. The van der Waals surface area contributed by atoms with E-state index in [2.05, 4.69) is 62.4 Å². The summed E-state index contributed by atoms with van der Waals surface area (Å²) in [5.41, 5.74) is 6.76. The molecule has 3 heterocycles. The lowest BCUT2D eigenvalue weighted by Crippen LogP contribution is -2.25. The third-order valence-corrected chi connectivity index (χ3v) is 7.05. The van der Waals surface area contributed by atoms with E-state index in [1.807, 2.05) is 45.0 Å². The highest BCUT2D eigenvalue weighted by Gasteiger charge is 2.28. The summed E-state index contributed by atoms with van der Waals surface area (Å²) in [6.07, 6.45) is 2.03. The molecule has 0 spiro atoms. The Hall–Kier alpha value is -3.91. The molecule has 0 amide bonds. The molecule has 36 heavy (non-hydrogen) atoms. The predicted octanol–water partition coefficient (Wildman–Crippen LogP) is 5.21. The molecule has 8 heteroatoms. The minimum atomic E-state index is -0.936. The van der Waals surface area contributed by atoms with Gasteiger partial charge in [0.05, 0.1) is 12.2 Å². The molecule has 0 aliphatic heterocycles. The van der Waals surface area contributed by atoms with Crippen LogP contribution >= 0.6 is 0 Å². The van der Waals surface area contributed by atoms with Crippen molar-refractivity contribution in [3.8, 4) is 22.5 Å². The zero-order valence-electron chi connectivity index (χ0n) is 21.2. The van der Waals surface area contributed by atoms with Crippen LogP contribution in [0.25, 0.3) is 33.7 Å². The fourth-order valence-corrected chi connectivity index (χ4v) is 4.75. The SMILES string of the molecule is CCc1nc2c(C)cc(C(O)(CC)CC)nc2n1Cc1ccc(-c2ccccc2-c2nn[nH]n2)cc1. The van der Waals surface area contributed by atoms with Crippen molar-refractivity contribution < 1.29 is 5.11 Å². The number of imidazole rings is 1. The maximum absolute atomic E-state index is 11.2. The molecule has 2 N–H and O–H groups in total. The van der Waals surface area contributed by atoms with Gasteiger partial charge in [-0.25, -0.2) is 9.97 Å². The number of fused-ring (bicyclic) bond motifs is 1. The van der Waals surface area contributed by atoms with Gasteiger partial charge in [-0.15, -0.1) is 10.2 Å². The zero-order valence-corrected chi connectivity index (χ0v) is 21.2. The van der Waals surface area contributed by atoms with E-state index >= 15 is 0 Å². The van der Waals surface area contributed by atoms with Crippen molar-refractivity contribution in [1.82, 2.24) is 35.2 Å². The van der Waals surface area contributed by atoms with Gasteiger partial charge in [-0.1, -0.05) is 69.3 Å². The zero-order chi connectivity index (χ0) is 25.3. The number of rotatable bonds is 8. The van der Waals surface area contributed by atoms with Crippen LogP contribution in [-0.4, -0.2) is 40.3 Å². The lowest BCUT2D eigenvalue weighted by Gasteiger charge is -2.25. The van der Waals surface area contributed by atoms with Crippen LogP contribution in [0, 0.1) is 6.92 Å². The summed E-state index contributed by atoms with van der Waals surface area (Å²) in [6.45, 7) is 8.81. The van der Waals surface area contributed by atoms with E-state index < -0.39 is 5.60 Å². The topological polar surface area (TPSA) is 105 Å². The predicted molar refractivity (Wildman–Crippen MR) is 140 cm³/mol. The largest absolute Gasteiger partial charge is 0.384 e. The number of aliphatic hydroxyl groups is 1. The molecule has 0 fully saturated rings. The van der Waals surface area contributed by atoms with Crippen LogP contribution < -0.4 is 0 Å². The van der Waals surface area contributed by atoms with Crippen LogP contribution in [0.1, 0.15) is 56.3 Å². The van der Waals surface area contributed by atoms with Crippen molar-refractivity contribution in [2.75, 3.05) is 0 Å². The number of tetrazole rings is 1. The minimum Gasteiger partial charge on any atom is -0.384 e. The summed E-state index contributed by atoms with van der Waals surface area (Å²) in [7, 11) is 0. The first-order valence-corrected chi connectivity index (χ1v) is 12.5. The van der Waals surface area contributed by atoms with Gasteiger partial charge in [0.1, 0.15) is 16.9 Å². The van der Waals surface area contributed by atoms with E-state index in [-0.39, 0.29) is 0 Å². The average molecular weight is 482 g/mol. The number of aryl methyl sites for hydroxylation is 2. The third kappa shape index (κ3) is 4.18. The Bertz CT molecular complexity index is 1480. The minimum absolute atomic E-state index is 0.573. The summed E-state index contributed by atoms with van der Waals surface area (Å²) in [5, 5.41) is 25.7. The number of pyridine rings is 1. The second kappa shape index (κ2) is 9.62. The molecule has 0 aliphatic rings. The molecule has 0 saturated carbocycles. The first-order valence-electron chi connectivity index (χ1n) is 12.5. The van der Waals surface area contributed by atoms with Gasteiger partial charge < -0.3 is 9.67 Å². The molecule has 0 saturated heterocycles.